The lowest BCUT2D eigenvalue weighted by atomic mass is 9.81. The van der Waals surface area contributed by atoms with E-state index in [0.717, 1.165) is 0 Å². The summed E-state index contributed by atoms with van der Waals surface area (Å²) in [6.07, 6.45) is -13.5. The van der Waals surface area contributed by atoms with E-state index < -0.39 is 97.2 Å². The first-order chi connectivity index (χ1) is 16.2. The number of ether oxygens (including phenoxy) is 4. The van der Waals surface area contributed by atoms with Gasteiger partial charge in [0.25, 0.3) is 0 Å². The Labute approximate surface area is 203 Å². The first-order valence-corrected chi connectivity index (χ1v) is 11.6. The molecule has 0 aromatic rings. The van der Waals surface area contributed by atoms with Crippen molar-refractivity contribution < 1.29 is 49.6 Å². The molecule has 2 saturated heterocycles. The third kappa shape index (κ3) is 5.50. The Morgan fingerprint density at radius 2 is 1.40 bits per heavy atom. The molecular weight excluding hydrogens is 470 g/mol. The zero-order valence-electron chi connectivity index (χ0n) is 20.0. The van der Waals surface area contributed by atoms with E-state index in [4.69, 9.17) is 41.9 Å². The van der Waals surface area contributed by atoms with Crippen LogP contribution in [0.1, 0.15) is 13.8 Å². The van der Waals surface area contributed by atoms with Gasteiger partial charge in [0.15, 0.2) is 12.6 Å². The Balaban J connectivity index is 1.78. The van der Waals surface area contributed by atoms with Crippen LogP contribution in [0.2, 0.25) is 0 Å². The van der Waals surface area contributed by atoms with Crippen molar-refractivity contribution in [2.24, 2.45) is 22.9 Å². The largest absolute Gasteiger partial charge is 0.390 e. The Bertz CT molecular complexity index is 707. The van der Waals surface area contributed by atoms with Gasteiger partial charge in [-0.3, -0.25) is 0 Å². The average molecular weight is 512 g/mol. The van der Waals surface area contributed by atoms with E-state index in [1.165, 1.54) is 6.92 Å². The van der Waals surface area contributed by atoms with E-state index in [0.29, 0.717) is 0 Å². The molecule has 0 radical (unpaired) electrons. The van der Waals surface area contributed by atoms with Gasteiger partial charge in [0.05, 0.1) is 36.9 Å². The van der Waals surface area contributed by atoms with Gasteiger partial charge in [-0.2, -0.15) is 0 Å². The second kappa shape index (κ2) is 11.0. The summed E-state index contributed by atoms with van der Waals surface area (Å²) >= 11 is 0. The van der Waals surface area contributed by atoms with Crippen molar-refractivity contribution in [2.75, 3.05) is 13.7 Å². The second-order valence-electron chi connectivity index (χ2n) is 10.0. The minimum absolute atomic E-state index is 0.191. The van der Waals surface area contributed by atoms with Gasteiger partial charge >= 0.3 is 0 Å². The number of aliphatic hydroxyl groups excluding tert-OH is 5. The van der Waals surface area contributed by atoms with E-state index in [9.17, 15) is 30.6 Å². The van der Waals surface area contributed by atoms with E-state index in [1.807, 2.05) is 0 Å². The lowest BCUT2D eigenvalue weighted by Gasteiger charge is -2.50. The number of aliphatic hydroxyl groups is 6. The summed E-state index contributed by atoms with van der Waals surface area (Å²) in [7, 11) is 1.55. The van der Waals surface area contributed by atoms with E-state index in [-0.39, 0.29) is 6.61 Å². The summed E-state index contributed by atoms with van der Waals surface area (Å²) in [6.45, 7) is 2.85. The van der Waals surface area contributed by atoms with Crippen LogP contribution in [0.25, 0.3) is 0 Å². The Kier molecular flexibility index (Phi) is 9.12. The Morgan fingerprint density at radius 3 is 1.91 bits per heavy atom. The van der Waals surface area contributed by atoms with Crippen molar-refractivity contribution in [3.8, 4) is 0 Å². The molecule has 0 amide bonds. The van der Waals surface area contributed by atoms with Crippen LogP contribution in [-0.2, 0) is 18.9 Å². The summed E-state index contributed by atoms with van der Waals surface area (Å²) in [5.41, 5.74) is 22.6. The predicted octanol–water partition coefficient (Wildman–Crippen LogP) is -6.68. The Hall–Kier alpha value is -0.600. The smallest absolute Gasteiger partial charge is 0.185 e. The second-order valence-corrected chi connectivity index (χ2v) is 10.0. The van der Waals surface area contributed by atoms with E-state index >= 15 is 0 Å². The van der Waals surface area contributed by atoms with Crippen LogP contribution in [0, 0.1) is 0 Å². The molecule has 0 bridgehead atoms. The minimum Gasteiger partial charge on any atom is -0.390 e. The molecule has 206 valence electrons. The van der Waals surface area contributed by atoms with Crippen molar-refractivity contribution in [3.63, 3.8) is 0 Å². The van der Waals surface area contributed by atoms with Crippen LogP contribution in [0.4, 0.5) is 0 Å². The molecule has 15 heteroatoms. The SMILES string of the molecule is CNC1C(O)C(OC2C(N)C(O)C(N)C(OC3OC(C(C)N)C(O)C(O)C3N)C2O)OCC1(C)O. The molecule has 1 aliphatic carbocycles. The van der Waals surface area contributed by atoms with Gasteiger partial charge in [-0.25, -0.2) is 0 Å². The van der Waals surface area contributed by atoms with Gasteiger partial charge in [0.2, 0.25) is 0 Å². The highest BCUT2D eigenvalue weighted by molar-refractivity contribution is 5.06. The molecule has 2 heterocycles. The van der Waals surface area contributed by atoms with Gasteiger partial charge in [-0.1, -0.05) is 0 Å². The van der Waals surface area contributed by atoms with Crippen molar-refractivity contribution in [1.82, 2.24) is 5.32 Å². The molecule has 35 heavy (non-hydrogen) atoms. The maximum atomic E-state index is 11.1. The van der Waals surface area contributed by atoms with Gasteiger partial charge in [0, 0.05) is 6.04 Å². The summed E-state index contributed by atoms with van der Waals surface area (Å²) in [5, 5.41) is 66.2. The molecule has 0 aromatic heterocycles. The fraction of sp³-hybridized carbons (Fsp3) is 1.00. The molecule has 16 unspecified atom stereocenters. The minimum atomic E-state index is -1.55. The first kappa shape index (κ1) is 29.0. The highest BCUT2D eigenvalue weighted by atomic mass is 16.7. The van der Waals surface area contributed by atoms with Crippen molar-refractivity contribution >= 4 is 0 Å². The number of likely N-dealkylation sites (N-methyl/N-ethyl adjacent to an activating group) is 1. The first-order valence-electron chi connectivity index (χ1n) is 11.6. The lowest BCUT2D eigenvalue weighted by Crippen LogP contribution is -2.73. The third-order valence-corrected chi connectivity index (χ3v) is 7.15. The quantitative estimate of drug-likeness (QED) is 0.158. The van der Waals surface area contributed by atoms with Gasteiger partial charge in [0.1, 0.15) is 48.3 Å². The molecule has 1 saturated carbocycles. The van der Waals surface area contributed by atoms with Crippen molar-refractivity contribution in [3.05, 3.63) is 0 Å². The van der Waals surface area contributed by atoms with Gasteiger partial charge in [-0.15, -0.1) is 0 Å². The summed E-state index contributed by atoms with van der Waals surface area (Å²) < 4.78 is 22.7. The highest BCUT2D eigenvalue weighted by Crippen LogP contribution is 2.32. The molecule has 15 N–H and O–H groups in total. The summed E-state index contributed by atoms with van der Waals surface area (Å²) in [4.78, 5) is 0. The number of nitrogens with one attached hydrogen (secondary N) is 1. The Morgan fingerprint density at radius 1 is 0.857 bits per heavy atom. The molecule has 0 spiro atoms. The summed E-state index contributed by atoms with van der Waals surface area (Å²) in [6, 6.07) is -5.16. The van der Waals surface area contributed by atoms with Crippen LogP contribution in [0.3, 0.4) is 0 Å². The van der Waals surface area contributed by atoms with Crippen molar-refractivity contribution in [2.45, 2.75) is 111 Å². The standard InChI is InChI=1S/C20H41N5O10/c1-5(21)14-11(28)10(27)8(24)18(33-14)34-15-6(22)9(26)7(23)16(12(15)29)35-19-13(30)17(25-3)20(2,31)4-32-19/h5-19,25-31H,4,21-24H2,1-3H3. The molecule has 3 rings (SSSR count). The van der Waals surface area contributed by atoms with Crippen LogP contribution < -0.4 is 28.3 Å². The van der Waals surface area contributed by atoms with Crippen LogP contribution in [0.5, 0.6) is 0 Å². The zero-order valence-corrected chi connectivity index (χ0v) is 20.0. The van der Waals surface area contributed by atoms with E-state index in [2.05, 4.69) is 5.32 Å². The normalized spacial score (nSPS) is 54.4. The van der Waals surface area contributed by atoms with Crippen LogP contribution in [-0.4, -0.2) is 142 Å². The van der Waals surface area contributed by atoms with Crippen LogP contribution >= 0.6 is 0 Å². The van der Waals surface area contributed by atoms with Gasteiger partial charge < -0.3 is 77.8 Å². The fourth-order valence-corrected chi connectivity index (χ4v) is 4.97. The molecule has 3 aliphatic rings. The monoisotopic (exact) mass is 511 g/mol. The van der Waals surface area contributed by atoms with Crippen LogP contribution in [0.15, 0.2) is 0 Å². The molecule has 3 fully saturated rings. The number of hydrogen-bond donors (Lipinski definition) is 11. The number of rotatable bonds is 6. The topological polar surface area (TPSA) is 274 Å². The highest BCUT2D eigenvalue weighted by Gasteiger charge is 2.54. The molecule has 15 nitrogen and oxygen atoms in total. The van der Waals surface area contributed by atoms with E-state index in [1.54, 1.807) is 14.0 Å². The fourth-order valence-electron chi connectivity index (χ4n) is 4.97. The molecule has 2 aliphatic heterocycles. The van der Waals surface area contributed by atoms with Gasteiger partial charge in [-0.05, 0) is 20.9 Å². The average Bonchev–Trinajstić information content (AvgIpc) is 2.79. The molecule has 0 aromatic carbocycles. The third-order valence-electron chi connectivity index (χ3n) is 7.15. The number of nitrogens with two attached hydrogens (primary N) is 4. The maximum absolute atomic E-state index is 11.1. The zero-order chi connectivity index (χ0) is 26.4. The van der Waals surface area contributed by atoms with Crippen molar-refractivity contribution in [1.29, 1.82) is 0 Å². The summed E-state index contributed by atoms with van der Waals surface area (Å²) in [5.74, 6) is 0. The maximum Gasteiger partial charge on any atom is 0.185 e. The number of hydrogen-bond acceptors (Lipinski definition) is 15. The lowest BCUT2D eigenvalue weighted by molar-refractivity contribution is -0.321. The molecular formula is C20H41N5O10. The predicted molar refractivity (Wildman–Crippen MR) is 119 cm³/mol. The molecule has 16 atom stereocenters.